The maximum Gasteiger partial charge on any atom is 0.231 e. The molecule has 2 aromatic rings. The van der Waals surface area contributed by atoms with E-state index in [9.17, 15) is 13.2 Å². The van der Waals surface area contributed by atoms with Crippen LogP contribution < -0.4 is 14.8 Å². The number of rotatable bonds is 6. The highest BCUT2D eigenvalue weighted by atomic mass is 32.2. The first-order chi connectivity index (χ1) is 13.6. The van der Waals surface area contributed by atoms with E-state index in [1.165, 1.54) is 18.4 Å². The van der Waals surface area contributed by atoms with Gasteiger partial charge in [-0.2, -0.15) is 0 Å². The highest BCUT2D eigenvalue weighted by Gasteiger charge is 2.34. The second-order valence-corrected chi connectivity index (χ2v) is 9.27. The van der Waals surface area contributed by atoms with Crippen LogP contribution in [0.3, 0.4) is 0 Å². The minimum atomic E-state index is -3.82. The van der Waals surface area contributed by atoms with Gasteiger partial charge in [0.15, 0.2) is 21.3 Å². The maximum absolute atomic E-state index is 13.3. The number of hydrogen-bond donors (Lipinski definition) is 1. The number of sulfone groups is 1. The summed E-state index contributed by atoms with van der Waals surface area (Å²) in [5.74, 6) is 1.07. The first-order valence-corrected chi connectivity index (χ1v) is 11.0. The highest BCUT2D eigenvalue weighted by molar-refractivity contribution is 7.91. The fourth-order valence-corrected chi connectivity index (χ4v) is 5.36. The van der Waals surface area contributed by atoms with Gasteiger partial charge in [-0.3, -0.25) is 4.79 Å². The molecule has 0 saturated heterocycles. The molecule has 150 valence electrons. The Morgan fingerprint density at radius 3 is 2.64 bits per heavy atom. The number of carbonyl (C=O) groups excluding carboxylic acids is 1. The molecule has 1 aromatic heterocycles. The summed E-state index contributed by atoms with van der Waals surface area (Å²) < 4.78 is 42.6. The fourth-order valence-electron chi connectivity index (χ4n) is 3.76. The monoisotopic (exact) mass is 405 g/mol. The van der Waals surface area contributed by atoms with Crippen LogP contribution in [0.25, 0.3) is 0 Å². The third kappa shape index (κ3) is 3.73. The van der Waals surface area contributed by atoms with Gasteiger partial charge in [0, 0.05) is 18.5 Å². The average Bonchev–Trinajstić information content (AvgIpc) is 3.40. The van der Waals surface area contributed by atoms with Crippen LogP contribution in [-0.4, -0.2) is 27.7 Å². The lowest BCUT2D eigenvalue weighted by Gasteiger charge is -2.22. The molecule has 1 aromatic carbocycles. The second kappa shape index (κ2) is 7.87. The smallest absolute Gasteiger partial charge is 0.231 e. The summed E-state index contributed by atoms with van der Waals surface area (Å²) in [6, 6.07) is 7.77. The van der Waals surface area contributed by atoms with Crippen molar-refractivity contribution in [2.24, 2.45) is 5.92 Å². The number of nitrogens with one attached hydrogen (secondary N) is 1. The molecule has 1 amide bonds. The zero-order chi connectivity index (χ0) is 19.6. The van der Waals surface area contributed by atoms with Gasteiger partial charge in [-0.15, -0.1) is 0 Å². The van der Waals surface area contributed by atoms with E-state index in [-0.39, 0.29) is 30.1 Å². The summed E-state index contributed by atoms with van der Waals surface area (Å²) in [4.78, 5) is 12.6. The molecule has 1 saturated carbocycles. The molecular weight excluding hydrogens is 382 g/mol. The number of amides is 1. The van der Waals surface area contributed by atoms with Gasteiger partial charge in [0.1, 0.15) is 11.0 Å². The molecule has 4 rings (SSSR count). The average molecular weight is 405 g/mol. The lowest BCUT2D eigenvalue weighted by Crippen LogP contribution is -2.36. The molecule has 1 fully saturated rings. The van der Waals surface area contributed by atoms with E-state index in [0.29, 0.717) is 17.3 Å². The maximum atomic E-state index is 13.3. The van der Waals surface area contributed by atoms with Crippen LogP contribution in [0.1, 0.15) is 43.1 Å². The fraction of sp³-hybridized carbons (Fsp3) is 0.450. The van der Waals surface area contributed by atoms with Gasteiger partial charge in [-0.25, -0.2) is 8.42 Å². The van der Waals surface area contributed by atoms with Gasteiger partial charge in [0.2, 0.25) is 12.7 Å². The third-order valence-electron chi connectivity index (χ3n) is 5.35. The molecule has 0 unspecified atom stereocenters. The number of carbonyl (C=O) groups is 1. The Bertz CT molecular complexity index is 932. The van der Waals surface area contributed by atoms with Crippen molar-refractivity contribution in [3.63, 3.8) is 0 Å². The number of hydrogen-bond acceptors (Lipinski definition) is 6. The van der Waals surface area contributed by atoms with E-state index in [1.54, 1.807) is 18.2 Å². The molecule has 1 N–H and O–H groups in total. The molecule has 1 aliphatic carbocycles. The molecule has 8 heteroatoms. The second-order valence-electron chi connectivity index (χ2n) is 7.14. The van der Waals surface area contributed by atoms with Crippen LogP contribution in [0.15, 0.2) is 45.9 Å². The van der Waals surface area contributed by atoms with Gasteiger partial charge in [0.25, 0.3) is 0 Å². The van der Waals surface area contributed by atoms with E-state index >= 15 is 0 Å². The quantitative estimate of drug-likeness (QED) is 0.793. The summed E-state index contributed by atoms with van der Waals surface area (Å²) in [6.45, 7) is 0.0253. The van der Waals surface area contributed by atoms with Crippen molar-refractivity contribution in [2.75, 3.05) is 13.3 Å². The van der Waals surface area contributed by atoms with Crippen molar-refractivity contribution < 1.29 is 27.1 Å². The van der Waals surface area contributed by atoms with Crippen LogP contribution in [0.5, 0.6) is 11.5 Å². The summed E-state index contributed by atoms with van der Waals surface area (Å²) >= 11 is 0. The summed E-state index contributed by atoms with van der Waals surface area (Å²) in [7, 11) is -3.82. The van der Waals surface area contributed by atoms with E-state index in [0.717, 1.165) is 32.1 Å². The molecule has 0 spiro atoms. The van der Waals surface area contributed by atoms with Gasteiger partial charge in [-0.1, -0.05) is 19.3 Å². The first-order valence-electron chi connectivity index (χ1n) is 9.50. The van der Waals surface area contributed by atoms with Crippen LogP contribution in [-0.2, 0) is 14.6 Å². The molecule has 2 aliphatic rings. The highest BCUT2D eigenvalue weighted by Crippen LogP contribution is 2.37. The first kappa shape index (κ1) is 18.9. The Labute approximate surface area is 163 Å². The molecule has 28 heavy (non-hydrogen) atoms. The Morgan fingerprint density at radius 2 is 1.89 bits per heavy atom. The van der Waals surface area contributed by atoms with E-state index in [1.807, 2.05) is 0 Å². The number of furan rings is 1. The third-order valence-corrected chi connectivity index (χ3v) is 7.40. The van der Waals surface area contributed by atoms with Crippen molar-refractivity contribution in [1.29, 1.82) is 0 Å². The zero-order valence-corrected chi connectivity index (χ0v) is 16.2. The largest absolute Gasteiger partial charge is 0.468 e. The standard InChI is InChI=1S/C20H23NO6S/c22-20(14-5-2-1-3-6-14)21-12-19(17-7-4-10-25-17)28(23,24)15-8-9-16-18(11-15)27-13-26-16/h4,7-11,14,19H,1-3,5-6,12-13H2,(H,21,22)/t19-/m1/s1. The van der Waals surface area contributed by atoms with Crippen molar-refractivity contribution >= 4 is 15.7 Å². The molecule has 0 bridgehead atoms. The Kier molecular flexibility index (Phi) is 5.30. The Balaban J connectivity index is 1.56. The SMILES string of the molecule is O=C(NC[C@H](c1ccco1)S(=O)(=O)c1ccc2c(c1)OCO2)C1CCCCC1. The predicted octanol–water partition coefficient (Wildman–Crippen LogP) is 3.22. The van der Waals surface area contributed by atoms with E-state index in [2.05, 4.69) is 5.32 Å². The lowest BCUT2D eigenvalue weighted by atomic mass is 9.89. The molecule has 2 heterocycles. The van der Waals surface area contributed by atoms with Crippen LogP contribution in [0, 0.1) is 5.92 Å². The summed E-state index contributed by atoms with van der Waals surface area (Å²) in [6.07, 6.45) is 6.36. The molecule has 1 aliphatic heterocycles. The Hall–Kier alpha value is -2.48. The number of fused-ring (bicyclic) bond motifs is 1. The minimum Gasteiger partial charge on any atom is -0.468 e. The normalized spacial score (nSPS) is 18.0. The van der Waals surface area contributed by atoms with Crippen molar-refractivity contribution in [3.8, 4) is 11.5 Å². The van der Waals surface area contributed by atoms with E-state index < -0.39 is 15.1 Å². The van der Waals surface area contributed by atoms with Gasteiger partial charge < -0.3 is 19.2 Å². The van der Waals surface area contributed by atoms with Crippen molar-refractivity contribution in [1.82, 2.24) is 5.32 Å². The van der Waals surface area contributed by atoms with Crippen LogP contribution >= 0.6 is 0 Å². The van der Waals surface area contributed by atoms with E-state index in [4.69, 9.17) is 13.9 Å². The number of ether oxygens (including phenoxy) is 2. The zero-order valence-electron chi connectivity index (χ0n) is 15.4. The summed E-state index contributed by atoms with van der Waals surface area (Å²) in [5, 5.41) is 1.82. The van der Waals surface area contributed by atoms with Crippen molar-refractivity contribution in [2.45, 2.75) is 42.2 Å². The van der Waals surface area contributed by atoms with Gasteiger partial charge in [0.05, 0.1) is 11.2 Å². The predicted molar refractivity (Wildman–Crippen MR) is 101 cm³/mol. The van der Waals surface area contributed by atoms with Crippen LogP contribution in [0.4, 0.5) is 0 Å². The van der Waals surface area contributed by atoms with Gasteiger partial charge >= 0.3 is 0 Å². The summed E-state index contributed by atoms with van der Waals surface area (Å²) in [5.41, 5.74) is 0. The van der Waals surface area contributed by atoms with Gasteiger partial charge in [-0.05, 0) is 37.1 Å². The van der Waals surface area contributed by atoms with Crippen LogP contribution in [0.2, 0.25) is 0 Å². The Morgan fingerprint density at radius 1 is 1.11 bits per heavy atom. The van der Waals surface area contributed by atoms with Crippen molar-refractivity contribution in [3.05, 3.63) is 42.4 Å². The topological polar surface area (TPSA) is 94.8 Å². The molecule has 7 nitrogen and oxygen atoms in total. The molecular formula is C20H23NO6S. The lowest BCUT2D eigenvalue weighted by molar-refractivity contribution is -0.125. The molecule has 1 atom stereocenters. The minimum absolute atomic E-state index is 0.0420. The number of benzene rings is 1. The molecule has 0 radical (unpaired) electrons.